The molecule has 1 fully saturated rings. The summed E-state index contributed by atoms with van der Waals surface area (Å²) in [6.45, 7) is 2.20. The van der Waals surface area contributed by atoms with Gasteiger partial charge in [-0.25, -0.2) is 4.79 Å². The van der Waals surface area contributed by atoms with Crippen molar-refractivity contribution in [3.63, 3.8) is 0 Å². The minimum atomic E-state index is -1.19. The van der Waals surface area contributed by atoms with Crippen molar-refractivity contribution in [2.45, 2.75) is 30.4 Å². The predicted octanol–water partition coefficient (Wildman–Crippen LogP) is 2.27. The molecule has 0 spiro atoms. The van der Waals surface area contributed by atoms with Crippen molar-refractivity contribution in [3.8, 4) is 0 Å². The van der Waals surface area contributed by atoms with Crippen LogP contribution in [0.2, 0.25) is 5.02 Å². The summed E-state index contributed by atoms with van der Waals surface area (Å²) in [7, 11) is 1.33. The van der Waals surface area contributed by atoms with E-state index in [4.69, 9.17) is 16.3 Å². The number of hydrogen-bond acceptors (Lipinski definition) is 5. The molecular formula is C14H18ClNO3S. The summed E-state index contributed by atoms with van der Waals surface area (Å²) in [6.07, 6.45) is 0.689. The lowest BCUT2D eigenvalue weighted by molar-refractivity contribution is -0.157. The van der Waals surface area contributed by atoms with Crippen LogP contribution in [0.5, 0.6) is 0 Å². The van der Waals surface area contributed by atoms with Crippen molar-refractivity contribution in [3.05, 3.63) is 34.9 Å². The van der Waals surface area contributed by atoms with Gasteiger partial charge in [-0.1, -0.05) is 29.8 Å². The Balaban J connectivity index is 2.45. The zero-order valence-corrected chi connectivity index (χ0v) is 13.1. The minimum absolute atomic E-state index is 0.225. The quantitative estimate of drug-likeness (QED) is 0.663. The van der Waals surface area contributed by atoms with Crippen molar-refractivity contribution >= 4 is 30.2 Å². The van der Waals surface area contributed by atoms with E-state index >= 15 is 0 Å². The van der Waals surface area contributed by atoms with Crippen LogP contribution in [-0.2, 0) is 9.53 Å². The number of likely N-dealkylation sites (tertiary alicyclic amines) is 1. The molecule has 6 heteroatoms. The number of ether oxygens (including phenoxy) is 1. The van der Waals surface area contributed by atoms with E-state index in [1.54, 1.807) is 36.1 Å². The lowest BCUT2D eigenvalue weighted by atomic mass is 10.0. The predicted molar refractivity (Wildman–Crippen MR) is 80.9 cm³/mol. The zero-order valence-electron chi connectivity index (χ0n) is 11.4. The highest BCUT2D eigenvalue weighted by Crippen LogP contribution is 2.40. The van der Waals surface area contributed by atoms with E-state index in [1.165, 1.54) is 7.11 Å². The van der Waals surface area contributed by atoms with Gasteiger partial charge in [0, 0.05) is 16.8 Å². The van der Waals surface area contributed by atoms with E-state index in [0.717, 1.165) is 0 Å². The maximum Gasteiger partial charge on any atom is 0.327 e. The third-order valence-electron chi connectivity index (χ3n) is 3.79. The first-order valence-electron chi connectivity index (χ1n) is 6.39. The fraction of sp³-hybridized carbons (Fsp3) is 0.500. The smallest absolute Gasteiger partial charge is 0.327 e. The molecule has 2 rings (SSSR count). The molecule has 0 bridgehead atoms. The molecule has 1 aliphatic rings. The highest BCUT2D eigenvalue weighted by atomic mass is 35.5. The first-order valence-corrected chi connectivity index (χ1v) is 7.28. The lowest BCUT2D eigenvalue weighted by Gasteiger charge is -2.37. The van der Waals surface area contributed by atoms with Gasteiger partial charge >= 0.3 is 5.97 Å². The fourth-order valence-electron chi connectivity index (χ4n) is 2.57. The van der Waals surface area contributed by atoms with Gasteiger partial charge in [-0.15, -0.1) is 0 Å². The summed E-state index contributed by atoms with van der Waals surface area (Å²) in [5.41, 5.74) is -0.565. The maximum absolute atomic E-state index is 12.2. The van der Waals surface area contributed by atoms with Crippen LogP contribution in [0.4, 0.5) is 0 Å². The number of hydrogen-bond donors (Lipinski definition) is 2. The number of benzene rings is 1. The van der Waals surface area contributed by atoms with Crippen LogP contribution >= 0.6 is 24.2 Å². The van der Waals surface area contributed by atoms with Crippen molar-refractivity contribution in [1.82, 2.24) is 4.90 Å². The van der Waals surface area contributed by atoms with Crippen LogP contribution in [0.15, 0.2) is 24.3 Å². The molecule has 110 valence electrons. The fourth-order valence-corrected chi connectivity index (χ4v) is 3.08. The number of halogens is 1. The van der Waals surface area contributed by atoms with Crippen LogP contribution in [0.25, 0.3) is 0 Å². The Morgan fingerprint density at radius 1 is 1.60 bits per heavy atom. The standard InChI is InChI=1S/C14H18ClNO3S/c1-14(18)11(20)7-8-16(14)12(13(17)19-2)9-5-3-4-6-10(9)15/h3-6,11-12,18,20H,7-8H2,1-2H3/t11?,12-,14?/m0/s1. The molecule has 1 aromatic carbocycles. The van der Waals surface area contributed by atoms with Crippen LogP contribution in [0, 0.1) is 0 Å². The van der Waals surface area contributed by atoms with Crippen LogP contribution in [0.3, 0.4) is 0 Å². The van der Waals surface area contributed by atoms with Gasteiger partial charge in [0.05, 0.1) is 7.11 Å². The third kappa shape index (κ3) is 2.68. The number of methoxy groups -OCH3 is 1. The van der Waals surface area contributed by atoms with E-state index in [2.05, 4.69) is 12.6 Å². The van der Waals surface area contributed by atoms with Gasteiger partial charge in [0.15, 0.2) is 0 Å². The van der Waals surface area contributed by atoms with Crippen molar-refractivity contribution < 1.29 is 14.6 Å². The third-order valence-corrected chi connectivity index (χ3v) is 4.88. The molecule has 0 aromatic heterocycles. The van der Waals surface area contributed by atoms with Crippen molar-refractivity contribution in [2.24, 2.45) is 0 Å². The van der Waals surface area contributed by atoms with Gasteiger partial charge in [0.25, 0.3) is 0 Å². The largest absolute Gasteiger partial charge is 0.468 e. The van der Waals surface area contributed by atoms with Gasteiger partial charge in [0.2, 0.25) is 0 Å². The Hall–Kier alpha value is -0.750. The first kappa shape index (κ1) is 15.6. The number of aliphatic hydroxyl groups is 1. The molecule has 1 heterocycles. The Morgan fingerprint density at radius 3 is 2.75 bits per heavy atom. The Morgan fingerprint density at radius 2 is 2.25 bits per heavy atom. The Labute approximate surface area is 129 Å². The number of rotatable bonds is 3. The number of carbonyl (C=O) groups is 1. The van der Waals surface area contributed by atoms with E-state index in [0.29, 0.717) is 23.6 Å². The summed E-state index contributed by atoms with van der Waals surface area (Å²) in [5.74, 6) is -0.444. The molecule has 0 radical (unpaired) electrons. The van der Waals surface area contributed by atoms with Gasteiger partial charge in [-0.05, 0) is 25.0 Å². The molecule has 4 nitrogen and oxygen atoms in total. The molecule has 1 aromatic rings. The van der Waals surface area contributed by atoms with E-state index in [1.807, 2.05) is 0 Å². The zero-order chi connectivity index (χ0) is 14.9. The molecule has 1 N–H and O–H groups in total. The number of carbonyl (C=O) groups excluding carboxylic acids is 1. The Bertz CT molecular complexity index is 509. The van der Waals surface area contributed by atoms with Gasteiger partial charge in [0.1, 0.15) is 11.8 Å². The Kier molecular flexibility index (Phi) is 4.64. The van der Waals surface area contributed by atoms with Crippen LogP contribution < -0.4 is 0 Å². The molecule has 3 atom stereocenters. The summed E-state index contributed by atoms with van der Waals surface area (Å²) in [4.78, 5) is 13.9. The highest BCUT2D eigenvalue weighted by Gasteiger charge is 2.48. The number of nitrogens with zero attached hydrogens (tertiary/aromatic N) is 1. The molecule has 0 saturated carbocycles. The summed E-state index contributed by atoms with van der Waals surface area (Å²) in [6, 6.07) is 6.35. The maximum atomic E-state index is 12.2. The summed E-state index contributed by atoms with van der Waals surface area (Å²) >= 11 is 10.6. The van der Waals surface area contributed by atoms with E-state index in [9.17, 15) is 9.90 Å². The average Bonchev–Trinajstić information content (AvgIpc) is 2.68. The molecule has 0 aliphatic carbocycles. The minimum Gasteiger partial charge on any atom is -0.468 e. The summed E-state index contributed by atoms with van der Waals surface area (Å²) in [5, 5.41) is 10.8. The van der Waals surface area contributed by atoms with Crippen LogP contribution in [-0.4, -0.2) is 40.6 Å². The van der Waals surface area contributed by atoms with Crippen molar-refractivity contribution in [2.75, 3.05) is 13.7 Å². The molecule has 2 unspecified atom stereocenters. The van der Waals surface area contributed by atoms with Crippen molar-refractivity contribution in [1.29, 1.82) is 0 Å². The lowest BCUT2D eigenvalue weighted by Crippen LogP contribution is -2.50. The average molecular weight is 316 g/mol. The van der Waals surface area contributed by atoms with Gasteiger partial charge in [-0.2, -0.15) is 12.6 Å². The number of esters is 1. The molecule has 1 aliphatic heterocycles. The number of thiol groups is 1. The van der Waals surface area contributed by atoms with Crippen LogP contribution in [0.1, 0.15) is 24.9 Å². The second kappa shape index (κ2) is 5.93. The highest BCUT2D eigenvalue weighted by molar-refractivity contribution is 7.81. The topological polar surface area (TPSA) is 49.8 Å². The summed E-state index contributed by atoms with van der Waals surface area (Å²) < 4.78 is 4.89. The molecule has 20 heavy (non-hydrogen) atoms. The second-order valence-corrected chi connectivity index (χ2v) is 6.07. The van der Waals surface area contributed by atoms with Gasteiger partial charge in [-0.3, -0.25) is 4.90 Å². The first-order chi connectivity index (χ1) is 9.39. The SMILES string of the molecule is COC(=O)[C@H](c1ccccc1Cl)N1CCC(S)C1(C)O. The van der Waals surface area contributed by atoms with Gasteiger partial charge < -0.3 is 9.84 Å². The second-order valence-electron chi connectivity index (χ2n) is 5.04. The monoisotopic (exact) mass is 315 g/mol. The van der Waals surface area contributed by atoms with E-state index < -0.39 is 17.7 Å². The molecule has 0 amide bonds. The normalized spacial score (nSPS) is 28.4. The molecular weight excluding hydrogens is 298 g/mol. The molecule has 1 saturated heterocycles. The van der Waals surface area contributed by atoms with E-state index in [-0.39, 0.29) is 5.25 Å².